The fourth-order valence-corrected chi connectivity index (χ4v) is 5.98. The van der Waals surface area contributed by atoms with Crippen LogP contribution in [0.5, 0.6) is 0 Å². The summed E-state index contributed by atoms with van der Waals surface area (Å²) in [4.78, 5) is 14.1. The van der Waals surface area contributed by atoms with Crippen molar-refractivity contribution in [3.05, 3.63) is 279 Å². The Hall–Kier alpha value is -0.979. The molecule has 0 aliphatic rings. The van der Waals surface area contributed by atoms with Crippen LogP contribution in [0.25, 0.3) is 36.5 Å². The molecule has 0 aliphatic heterocycles. The molecule has 0 amide bonds. The Labute approximate surface area is 644 Å². The van der Waals surface area contributed by atoms with Crippen LogP contribution in [0.1, 0.15) is 97.8 Å². The van der Waals surface area contributed by atoms with Gasteiger partial charge < -0.3 is 19.3 Å². The maximum Gasteiger partial charge on any atom is 0.369 e. The molecule has 0 bridgehead atoms. The number of benzene rings is 8. The predicted octanol–water partition coefficient (Wildman–Crippen LogP) is 21.1. The number of hydrogen-bond acceptors (Lipinski definition) is 4. The second-order valence-electron chi connectivity index (χ2n) is 15.8. The molecule has 0 fully saturated rings. The van der Waals surface area contributed by atoms with Gasteiger partial charge in [-0.05, 0) is 102 Å². The molecule has 0 spiro atoms. The van der Waals surface area contributed by atoms with Crippen molar-refractivity contribution in [3.63, 3.8) is 0 Å². The average Bonchev–Trinajstić information content (AvgIpc) is 3.49. The van der Waals surface area contributed by atoms with Crippen molar-refractivity contribution in [3.8, 4) is 0 Å². The molecule has 4 nitrogen and oxygen atoms in total. The minimum atomic E-state index is 0. The number of ether oxygens (including phenoxy) is 1. The summed E-state index contributed by atoms with van der Waals surface area (Å²) in [6.45, 7) is 14.2. The van der Waals surface area contributed by atoms with E-state index in [0.717, 1.165) is 12.7 Å². The van der Waals surface area contributed by atoms with E-state index in [1.165, 1.54) is 48.2 Å². The molecule has 13 heteroatoms. The minimum absolute atomic E-state index is 0. The Balaban J connectivity index is -0.000000164. The van der Waals surface area contributed by atoms with E-state index in [2.05, 4.69) is 264 Å². The van der Waals surface area contributed by atoms with Gasteiger partial charge in [0.15, 0.2) is 0 Å². The molecule has 0 unspecified atom stereocenters. The minimum Gasteiger partial charge on any atom is -0.388 e. The summed E-state index contributed by atoms with van der Waals surface area (Å²) in [6, 6.07) is 79.6. The first-order valence-electron chi connectivity index (χ1n) is 26.3. The molecule has 0 saturated heterocycles. The van der Waals surface area contributed by atoms with Crippen LogP contribution in [-0.2, 0) is 142 Å². The number of halogens is 4. The molecule has 0 saturated carbocycles. The van der Waals surface area contributed by atoms with E-state index >= 15 is 0 Å². The van der Waals surface area contributed by atoms with Gasteiger partial charge >= 0.3 is 3.18 Å². The zero-order valence-electron chi connectivity index (χ0n) is 51.6. The van der Waals surface area contributed by atoms with Gasteiger partial charge in [0, 0.05) is 168 Å². The number of aryl methyl sites for hydroxylation is 1. The Morgan fingerprint density at radius 3 is 0.964 bits per heavy atom. The summed E-state index contributed by atoms with van der Waals surface area (Å²) in [6.07, 6.45) is 14.7. The van der Waals surface area contributed by atoms with Gasteiger partial charge in [-0.2, -0.15) is 91.0 Å². The molecule has 4 radical (unpaired) electrons. The van der Waals surface area contributed by atoms with Crippen molar-refractivity contribution in [2.24, 2.45) is 0 Å². The maximum absolute atomic E-state index is 9.99. The quantitative estimate of drug-likeness (QED) is 0.0474. The first-order valence-corrected chi connectivity index (χ1v) is 30.1. The van der Waals surface area contributed by atoms with E-state index in [-0.39, 0.29) is 134 Å². The molecule has 0 aliphatic carbocycles. The van der Waals surface area contributed by atoms with Crippen LogP contribution in [0, 0.1) is 21.8 Å². The topological polar surface area (TPSA) is 32.8 Å². The molecule has 434 valence electrons. The average molecular weight is 1720 g/mol. The molecular formula is C70H86BBr3IN2O2Y4-3. The van der Waals surface area contributed by atoms with Crippen molar-refractivity contribution in [2.45, 2.75) is 54.9 Å². The number of anilines is 1. The smallest absolute Gasteiger partial charge is 0.369 e. The zero-order valence-corrected chi connectivity index (χ0v) is 69.8. The monoisotopic (exact) mass is 1720 g/mol. The largest absolute Gasteiger partial charge is 0.388 e. The third kappa shape index (κ3) is 62.4. The number of rotatable bonds is 9. The number of hydrogen-bond donors (Lipinski definition) is 0. The van der Waals surface area contributed by atoms with Gasteiger partial charge in [-0.3, -0.25) is 0 Å². The molecule has 8 aromatic rings. The fourth-order valence-electron chi connectivity index (χ4n) is 5.41. The van der Waals surface area contributed by atoms with Crippen LogP contribution in [-0.4, -0.2) is 63.8 Å². The SMILES string of the molecule is BrB(Br)Br.CC.CC.CC.CCc1ccccc1.CN(C)C.CN(C)c1ccc(/C=C/c2ccccc2)cc1.COC.Ic1cccc(/C=C/c2cc[c-]cc2)c1.O=Cc1cc[c-]cc1.[Y].[Y].[Y].[Y].[c-]1ccc(/C=C/c2ccccc2)cc1. The second kappa shape index (κ2) is 71.8. The van der Waals surface area contributed by atoms with Crippen LogP contribution >= 0.6 is 69.9 Å². The standard InChI is InChI=1S/C16H17N.C14H10I.C14H11.C8H10.C7H5O.C3H9N.C2H6O.3C2H6.BBr3.4Y/c1-17(2)16-12-10-15(11-13-16)9-8-14-6-4-3-5-7-14;15-14-8-4-7-13(11-14)10-9-12-5-2-1-3-6-12;1-3-7-13(8-4-1)11-12-14-9-5-2-6-10-14;1-2-8-6-4-3-5-7-8;8-6-7-4-2-1-3-5-7;1-4(2)3;1-3-2;3*1-2;2-1(3)4;;;;/h3-13H,1-2H3;2-11H;1,3-12H;3-7H,2H2,1H3;2-6H;1-3H3;1-2H3;3*1-2H3;;;;;/q;2*-1;;-1;;;;;;;;;;/b9-8+;10-9+;12-11+;;;;;;;;;;;;. The van der Waals surface area contributed by atoms with Gasteiger partial charge in [-0.15, -0.1) is 58.4 Å². The molecule has 0 atom stereocenters. The van der Waals surface area contributed by atoms with E-state index in [1.54, 1.807) is 38.5 Å². The van der Waals surface area contributed by atoms with Crippen molar-refractivity contribution in [1.29, 1.82) is 0 Å². The van der Waals surface area contributed by atoms with Gasteiger partial charge in [0.25, 0.3) is 0 Å². The predicted molar refractivity (Wildman–Crippen MR) is 376 cm³/mol. The summed E-state index contributed by atoms with van der Waals surface area (Å²) in [5, 5.41) is 0. The van der Waals surface area contributed by atoms with Gasteiger partial charge in [0.05, 0.1) is 0 Å². The molecule has 8 rings (SSSR count). The first-order chi connectivity index (χ1) is 38.3. The number of carbonyl (C=O) groups is 1. The van der Waals surface area contributed by atoms with Gasteiger partial charge in [0.2, 0.25) is 0 Å². The molecule has 83 heavy (non-hydrogen) atoms. The van der Waals surface area contributed by atoms with Gasteiger partial charge in [-0.1, -0.05) is 206 Å². The van der Waals surface area contributed by atoms with Crippen LogP contribution in [0.15, 0.2) is 212 Å². The maximum atomic E-state index is 9.99. The summed E-state index contributed by atoms with van der Waals surface area (Å²) in [5.41, 5.74) is 10.6. The summed E-state index contributed by atoms with van der Waals surface area (Å²) < 4.78 is 5.78. The zero-order chi connectivity index (χ0) is 59.7. The summed E-state index contributed by atoms with van der Waals surface area (Å²) in [7, 11) is 13.4. The Morgan fingerprint density at radius 2 is 0.699 bits per heavy atom. The molecule has 0 heterocycles. The number of nitrogens with zero attached hydrogens (tertiary/aromatic N) is 2. The van der Waals surface area contributed by atoms with Crippen molar-refractivity contribution < 1.29 is 140 Å². The van der Waals surface area contributed by atoms with E-state index < -0.39 is 0 Å². The fraction of sp³-hybridized carbons (Fsp3) is 0.214. The van der Waals surface area contributed by atoms with Gasteiger partial charge in [-0.25, -0.2) is 0 Å². The number of methoxy groups -OCH3 is 1. The molecule has 0 N–H and O–H groups in total. The molecular weight excluding hydrogens is 1630 g/mol. The van der Waals surface area contributed by atoms with Gasteiger partial charge in [0.1, 0.15) is 6.29 Å². The van der Waals surface area contributed by atoms with Crippen LogP contribution in [0.3, 0.4) is 0 Å². The van der Waals surface area contributed by atoms with Crippen LogP contribution < -0.4 is 4.90 Å². The molecule has 8 aromatic carbocycles. The second-order valence-corrected chi connectivity index (χ2v) is 23.5. The Morgan fingerprint density at radius 1 is 0.434 bits per heavy atom. The van der Waals surface area contributed by atoms with Crippen LogP contribution in [0.2, 0.25) is 0 Å². The third-order valence-corrected chi connectivity index (χ3v) is 9.55. The van der Waals surface area contributed by atoms with E-state index in [9.17, 15) is 4.79 Å². The summed E-state index contributed by atoms with van der Waals surface area (Å²) in [5.74, 6) is 0. The van der Waals surface area contributed by atoms with E-state index in [1.807, 2.05) is 146 Å². The van der Waals surface area contributed by atoms with Crippen molar-refractivity contribution in [1.82, 2.24) is 4.90 Å². The Kier molecular flexibility index (Phi) is 82.7. The van der Waals surface area contributed by atoms with E-state index in [4.69, 9.17) is 0 Å². The number of aldehydes is 1. The first kappa shape index (κ1) is 95.7. The normalized spacial score (nSPS) is 8.81. The van der Waals surface area contributed by atoms with Crippen LogP contribution in [0.4, 0.5) is 5.69 Å². The number of carbonyl (C=O) groups excluding carboxylic acids is 1. The van der Waals surface area contributed by atoms with Crippen molar-refractivity contribution >= 4 is 121 Å². The third-order valence-electron chi connectivity index (χ3n) is 8.88. The summed E-state index contributed by atoms with van der Waals surface area (Å²) >= 11 is 11.6. The molecule has 0 aromatic heterocycles. The van der Waals surface area contributed by atoms with E-state index in [0.29, 0.717) is 5.56 Å². The van der Waals surface area contributed by atoms with Crippen molar-refractivity contribution in [2.75, 3.05) is 54.4 Å². The Bertz CT molecular complexity index is 2580.